The third kappa shape index (κ3) is 4.29. The lowest BCUT2D eigenvalue weighted by Gasteiger charge is -2.26. The SMILES string of the molecule is CS(=O)(=O)Nc1cc(-c2c[nH]c(=O)c3ccccc23)ccc1N1CCCCCC1. The number of benzene rings is 2. The number of H-pyrrole nitrogens is 1. The fraction of sp³-hybridized carbons (Fsp3) is 0.318. The number of aromatic amines is 1. The number of nitrogens with zero attached hydrogens (tertiary/aromatic N) is 1. The number of pyridine rings is 1. The number of hydrogen-bond donors (Lipinski definition) is 2. The highest BCUT2D eigenvalue weighted by molar-refractivity contribution is 7.92. The minimum absolute atomic E-state index is 0.139. The van der Waals surface area contributed by atoms with Gasteiger partial charge >= 0.3 is 0 Å². The van der Waals surface area contributed by atoms with Crippen LogP contribution < -0.4 is 15.2 Å². The van der Waals surface area contributed by atoms with Crippen molar-refractivity contribution in [3.05, 3.63) is 59.0 Å². The molecule has 3 aromatic rings. The highest BCUT2D eigenvalue weighted by atomic mass is 32.2. The molecule has 0 atom stereocenters. The Bertz CT molecular complexity index is 1190. The molecule has 0 bridgehead atoms. The summed E-state index contributed by atoms with van der Waals surface area (Å²) in [6.07, 6.45) is 7.46. The lowest BCUT2D eigenvalue weighted by molar-refractivity contribution is 0.607. The molecule has 1 aromatic heterocycles. The van der Waals surface area contributed by atoms with Gasteiger partial charge in [0.1, 0.15) is 0 Å². The highest BCUT2D eigenvalue weighted by Crippen LogP contribution is 2.35. The van der Waals surface area contributed by atoms with E-state index in [9.17, 15) is 13.2 Å². The van der Waals surface area contributed by atoms with Crippen LogP contribution in [0.3, 0.4) is 0 Å². The van der Waals surface area contributed by atoms with E-state index < -0.39 is 10.0 Å². The molecule has 0 amide bonds. The molecule has 2 aromatic carbocycles. The Balaban J connectivity index is 1.85. The van der Waals surface area contributed by atoms with Gasteiger partial charge in [-0.05, 0) is 42.0 Å². The van der Waals surface area contributed by atoms with Crippen LogP contribution in [-0.2, 0) is 10.0 Å². The van der Waals surface area contributed by atoms with Gasteiger partial charge in [-0.15, -0.1) is 0 Å². The average molecular weight is 412 g/mol. The molecule has 152 valence electrons. The van der Waals surface area contributed by atoms with Crippen LogP contribution in [0.25, 0.3) is 21.9 Å². The molecule has 1 aliphatic rings. The third-order valence-electron chi connectivity index (χ3n) is 5.36. The number of anilines is 2. The van der Waals surface area contributed by atoms with Crippen LogP contribution in [0.5, 0.6) is 0 Å². The molecular weight excluding hydrogens is 386 g/mol. The zero-order valence-corrected chi connectivity index (χ0v) is 17.3. The molecule has 1 fully saturated rings. The second-order valence-electron chi connectivity index (χ2n) is 7.58. The predicted octanol–water partition coefficient (Wildman–Crippen LogP) is 3.95. The first kappa shape index (κ1) is 19.5. The first-order valence-electron chi connectivity index (χ1n) is 9.90. The number of rotatable bonds is 4. The van der Waals surface area contributed by atoms with Crippen LogP contribution in [0, 0.1) is 0 Å². The largest absolute Gasteiger partial charge is 0.370 e. The van der Waals surface area contributed by atoms with Gasteiger partial charge in [0, 0.05) is 30.2 Å². The Morgan fingerprint density at radius 2 is 1.66 bits per heavy atom. The van der Waals surface area contributed by atoms with Crippen LogP contribution >= 0.6 is 0 Å². The van der Waals surface area contributed by atoms with Gasteiger partial charge in [0.25, 0.3) is 5.56 Å². The van der Waals surface area contributed by atoms with E-state index in [-0.39, 0.29) is 5.56 Å². The smallest absolute Gasteiger partial charge is 0.255 e. The van der Waals surface area contributed by atoms with E-state index in [0.717, 1.165) is 48.1 Å². The molecular formula is C22H25N3O3S. The van der Waals surface area contributed by atoms with Crippen molar-refractivity contribution in [1.82, 2.24) is 4.98 Å². The van der Waals surface area contributed by atoms with Gasteiger partial charge in [0.15, 0.2) is 0 Å². The maximum absolute atomic E-state index is 12.2. The van der Waals surface area contributed by atoms with Gasteiger partial charge in [-0.1, -0.05) is 37.1 Å². The molecule has 0 saturated carbocycles. The second kappa shape index (κ2) is 7.91. The molecule has 7 heteroatoms. The average Bonchev–Trinajstić information content (AvgIpc) is 2.97. The van der Waals surface area contributed by atoms with Crippen molar-refractivity contribution in [3.63, 3.8) is 0 Å². The first-order chi connectivity index (χ1) is 13.9. The van der Waals surface area contributed by atoms with Crippen LogP contribution in [0.2, 0.25) is 0 Å². The summed E-state index contributed by atoms with van der Waals surface area (Å²) in [6, 6.07) is 13.3. The monoisotopic (exact) mass is 411 g/mol. The first-order valence-corrected chi connectivity index (χ1v) is 11.8. The maximum atomic E-state index is 12.2. The molecule has 2 N–H and O–H groups in total. The Morgan fingerprint density at radius 1 is 0.966 bits per heavy atom. The number of fused-ring (bicyclic) bond motifs is 1. The Hall–Kier alpha value is -2.80. The van der Waals surface area contributed by atoms with Crippen LogP contribution in [0.4, 0.5) is 11.4 Å². The van der Waals surface area contributed by atoms with Crippen molar-refractivity contribution in [2.45, 2.75) is 25.7 Å². The zero-order valence-electron chi connectivity index (χ0n) is 16.4. The van der Waals surface area contributed by atoms with E-state index in [1.807, 2.05) is 36.4 Å². The van der Waals surface area contributed by atoms with Crippen LogP contribution in [0.15, 0.2) is 53.5 Å². The highest BCUT2D eigenvalue weighted by Gasteiger charge is 2.17. The summed E-state index contributed by atoms with van der Waals surface area (Å²) in [6.45, 7) is 1.83. The molecule has 0 unspecified atom stereocenters. The molecule has 6 nitrogen and oxygen atoms in total. The van der Waals surface area contributed by atoms with Crippen LogP contribution in [0.1, 0.15) is 25.7 Å². The van der Waals surface area contributed by atoms with E-state index in [2.05, 4.69) is 14.6 Å². The van der Waals surface area contributed by atoms with Gasteiger partial charge < -0.3 is 9.88 Å². The van der Waals surface area contributed by atoms with Gasteiger partial charge in [-0.2, -0.15) is 0 Å². The van der Waals surface area contributed by atoms with Crippen molar-refractivity contribution in [2.75, 3.05) is 29.0 Å². The Kier molecular flexibility index (Phi) is 5.32. The summed E-state index contributed by atoms with van der Waals surface area (Å²) in [4.78, 5) is 17.2. The summed E-state index contributed by atoms with van der Waals surface area (Å²) in [5.74, 6) is 0. The van der Waals surface area contributed by atoms with Crippen molar-refractivity contribution in [3.8, 4) is 11.1 Å². The standard InChI is InChI=1S/C22H25N3O3S/c1-29(27,28)24-20-14-16(10-11-21(20)25-12-6-2-3-7-13-25)19-15-23-22(26)18-9-5-4-8-17(18)19/h4-5,8-11,14-15,24H,2-3,6-7,12-13H2,1H3,(H,23,26). The minimum Gasteiger partial charge on any atom is -0.370 e. The van der Waals surface area contributed by atoms with Crippen molar-refractivity contribution >= 4 is 32.2 Å². The second-order valence-corrected chi connectivity index (χ2v) is 9.33. The molecule has 1 aliphatic heterocycles. The van der Waals surface area contributed by atoms with E-state index in [1.165, 1.54) is 19.1 Å². The van der Waals surface area contributed by atoms with Crippen molar-refractivity contribution in [2.24, 2.45) is 0 Å². The number of nitrogens with one attached hydrogen (secondary N) is 2. The predicted molar refractivity (Wildman–Crippen MR) is 119 cm³/mol. The van der Waals surface area contributed by atoms with E-state index in [0.29, 0.717) is 11.1 Å². The fourth-order valence-electron chi connectivity index (χ4n) is 4.02. The fourth-order valence-corrected chi connectivity index (χ4v) is 4.58. The lowest BCUT2D eigenvalue weighted by atomic mass is 10.00. The Morgan fingerprint density at radius 3 is 2.34 bits per heavy atom. The van der Waals surface area contributed by atoms with E-state index >= 15 is 0 Å². The summed E-state index contributed by atoms with van der Waals surface area (Å²) < 4.78 is 26.8. The molecule has 4 rings (SSSR count). The summed E-state index contributed by atoms with van der Waals surface area (Å²) in [5, 5.41) is 1.45. The normalized spacial score (nSPS) is 15.3. The molecule has 29 heavy (non-hydrogen) atoms. The van der Waals surface area contributed by atoms with Gasteiger partial charge in [0.2, 0.25) is 10.0 Å². The Labute approximate surface area is 170 Å². The van der Waals surface area contributed by atoms with Gasteiger partial charge in [-0.3, -0.25) is 9.52 Å². The van der Waals surface area contributed by atoms with Gasteiger partial charge in [-0.25, -0.2) is 8.42 Å². The number of aromatic nitrogens is 1. The number of sulfonamides is 1. The lowest BCUT2D eigenvalue weighted by Crippen LogP contribution is -2.25. The summed E-state index contributed by atoms with van der Waals surface area (Å²) in [7, 11) is -3.43. The maximum Gasteiger partial charge on any atom is 0.255 e. The zero-order chi connectivity index (χ0) is 20.4. The van der Waals surface area contributed by atoms with Crippen molar-refractivity contribution in [1.29, 1.82) is 0 Å². The summed E-state index contributed by atoms with van der Waals surface area (Å²) >= 11 is 0. The van der Waals surface area contributed by atoms with Gasteiger partial charge in [0.05, 0.1) is 17.6 Å². The molecule has 0 radical (unpaired) electrons. The summed E-state index contributed by atoms with van der Waals surface area (Å²) in [5.41, 5.74) is 3.04. The minimum atomic E-state index is -3.43. The number of hydrogen-bond acceptors (Lipinski definition) is 4. The molecule has 2 heterocycles. The van der Waals surface area contributed by atoms with E-state index in [1.54, 1.807) is 12.3 Å². The third-order valence-corrected chi connectivity index (χ3v) is 5.95. The van der Waals surface area contributed by atoms with E-state index in [4.69, 9.17) is 0 Å². The van der Waals surface area contributed by atoms with Crippen molar-refractivity contribution < 1.29 is 8.42 Å². The molecule has 1 saturated heterocycles. The topological polar surface area (TPSA) is 82.3 Å². The quantitative estimate of drug-likeness (QED) is 0.681. The van der Waals surface area contributed by atoms with Crippen LogP contribution in [-0.4, -0.2) is 32.7 Å². The molecule has 0 aliphatic carbocycles. The molecule has 0 spiro atoms.